The number of hydrogen-bond donors (Lipinski definition) is 0. The summed E-state index contributed by atoms with van der Waals surface area (Å²) in [5.74, 6) is 0.915. The quantitative estimate of drug-likeness (QED) is 0.807. The van der Waals surface area contributed by atoms with Crippen LogP contribution in [0.25, 0.3) is 0 Å². The van der Waals surface area contributed by atoms with E-state index >= 15 is 0 Å². The Hall–Kier alpha value is -1.89. The number of rotatable bonds is 4. The van der Waals surface area contributed by atoms with Gasteiger partial charge in [-0.3, -0.25) is 4.79 Å². The van der Waals surface area contributed by atoms with Gasteiger partial charge in [-0.25, -0.2) is 0 Å². The lowest BCUT2D eigenvalue weighted by atomic mass is 9.75. The summed E-state index contributed by atoms with van der Waals surface area (Å²) < 4.78 is 0. The fraction of sp³-hybridized carbons (Fsp3) is 0.350. The van der Waals surface area contributed by atoms with E-state index in [9.17, 15) is 4.79 Å². The van der Waals surface area contributed by atoms with E-state index < -0.39 is 0 Å². The standard InChI is InChI=1S/C20H22O/c21-20-18(14-16-8-3-1-4-9-16)12-7-13-19(20)15-17-10-5-2-6-11-17/h1-6,8-11,18-19H,7,12-15H2/t18-,19-/m1/s1. The molecule has 0 saturated heterocycles. The minimum absolute atomic E-state index is 0.217. The molecule has 0 radical (unpaired) electrons. The highest BCUT2D eigenvalue weighted by Crippen LogP contribution is 2.30. The lowest BCUT2D eigenvalue weighted by molar-refractivity contribution is -0.129. The third-order valence-electron chi connectivity index (χ3n) is 4.56. The average molecular weight is 278 g/mol. The van der Waals surface area contributed by atoms with Gasteiger partial charge >= 0.3 is 0 Å². The van der Waals surface area contributed by atoms with Gasteiger partial charge in [0.15, 0.2) is 0 Å². The zero-order chi connectivity index (χ0) is 14.5. The van der Waals surface area contributed by atoms with E-state index in [2.05, 4.69) is 48.5 Å². The van der Waals surface area contributed by atoms with Crippen molar-refractivity contribution in [1.29, 1.82) is 0 Å². The summed E-state index contributed by atoms with van der Waals surface area (Å²) in [5.41, 5.74) is 2.58. The summed E-state index contributed by atoms with van der Waals surface area (Å²) in [6.45, 7) is 0. The Bertz CT molecular complexity index is 522. The Labute approximate surface area is 127 Å². The molecule has 2 atom stereocenters. The van der Waals surface area contributed by atoms with Gasteiger partial charge < -0.3 is 0 Å². The average Bonchev–Trinajstić information content (AvgIpc) is 2.53. The predicted molar refractivity (Wildman–Crippen MR) is 86.1 cm³/mol. The molecule has 1 fully saturated rings. The second-order valence-electron chi connectivity index (χ2n) is 6.11. The van der Waals surface area contributed by atoms with Crippen molar-refractivity contribution in [2.75, 3.05) is 0 Å². The first kappa shape index (κ1) is 14.1. The topological polar surface area (TPSA) is 17.1 Å². The molecule has 1 saturated carbocycles. The second-order valence-corrected chi connectivity index (χ2v) is 6.11. The molecule has 0 spiro atoms. The van der Waals surface area contributed by atoms with Crippen molar-refractivity contribution in [3.05, 3.63) is 71.8 Å². The molecule has 21 heavy (non-hydrogen) atoms. The van der Waals surface area contributed by atoms with E-state index in [0.717, 1.165) is 25.7 Å². The first-order valence-electron chi connectivity index (χ1n) is 7.94. The summed E-state index contributed by atoms with van der Waals surface area (Å²) in [6.07, 6.45) is 5.11. The van der Waals surface area contributed by atoms with Gasteiger partial charge in [0, 0.05) is 11.8 Å². The van der Waals surface area contributed by atoms with Crippen LogP contribution in [0.4, 0.5) is 0 Å². The van der Waals surface area contributed by atoms with Gasteiger partial charge in [-0.2, -0.15) is 0 Å². The number of Topliss-reactive ketones (excluding diaryl/α,β-unsaturated/α-hetero) is 1. The summed E-state index contributed by atoms with van der Waals surface area (Å²) >= 11 is 0. The molecule has 0 amide bonds. The highest BCUT2D eigenvalue weighted by atomic mass is 16.1. The molecule has 0 aliphatic heterocycles. The third-order valence-corrected chi connectivity index (χ3v) is 4.56. The molecule has 1 nitrogen and oxygen atoms in total. The Kier molecular flexibility index (Phi) is 4.49. The molecule has 2 aromatic rings. The van der Waals surface area contributed by atoms with Gasteiger partial charge in [0.25, 0.3) is 0 Å². The lowest BCUT2D eigenvalue weighted by Gasteiger charge is -2.28. The monoisotopic (exact) mass is 278 g/mol. The van der Waals surface area contributed by atoms with Crippen LogP contribution in [0.5, 0.6) is 0 Å². The highest BCUT2D eigenvalue weighted by Gasteiger charge is 2.30. The first-order chi connectivity index (χ1) is 10.3. The maximum Gasteiger partial charge on any atom is 0.139 e. The Morgan fingerprint density at radius 3 is 1.57 bits per heavy atom. The Morgan fingerprint density at radius 2 is 1.14 bits per heavy atom. The Balaban J connectivity index is 1.66. The molecule has 1 heteroatoms. The van der Waals surface area contributed by atoms with E-state index in [1.807, 2.05) is 12.1 Å². The van der Waals surface area contributed by atoms with Gasteiger partial charge in [-0.15, -0.1) is 0 Å². The molecule has 0 aromatic heterocycles. The molecule has 2 aromatic carbocycles. The van der Waals surface area contributed by atoms with Crippen LogP contribution in [-0.4, -0.2) is 5.78 Å². The van der Waals surface area contributed by atoms with Crippen molar-refractivity contribution in [1.82, 2.24) is 0 Å². The van der Waals surface area contributed by atoms with Gasteiger partial charge in [0.1, 0.15) is 5.78 Å². The normalized spacial score (nSPS) is 22.2. The molecular weight excluding hydrogens is 256 g/mol. The predicted octanol–water partition coefficient (Wildman–Crippen LogP) is 4.46. The smallest absolute Gasteiger partial charge is 0.139 e. The summed E-state index contributed by atoms with van der Waals surface area (Å²) in [7, 11) is 0. The minimum Gasteiger partial charge on any atom is -0.299 e. The van der Waals surface area contributed by atoms with Crippen molar-refractivity contribution >= 4 is 5.78 Å². The zero-order valence-corrected chi connectivity index (χ0v) is 12.4. The van der Waals surface area contributed by atoms with Crippen LogP contribution < -0.4 is 0 Å². The van der Waals surface area contributed by atoms with Crippen LogP contribution in [0.1, 0.15) is 30.4 Å². The molecule has 0 bridgehead atoms. The zero-order valence-electron chi connectivity index (χ0n) is 12.4. The van der Waals surface area contributed by atoms with Crippen molar-refractivity contribution in [2.45, 2.75) is 32.1 Å². The highest BCUT2D eigenvalue weighted by molar-refractivity contribution is 5.84. The van der Waals surface area contributed by atoms with Crippen LogP contribution >= 0.6 is 0 Å². The van der Waals surface area contributed by atoms with Crippen LogP contribution in [0, 0.1) is 11.8 Å². The molecule has 108 valence electrons. The molecule has 3 rings (SSSR count). The molecular formula is C20H22O. The summed E-state index contributed by atoms with van der Waals surface area (Å²) in [6, 6.07) is 20.8. The van der Waals surface area contributed by atoms with Crippen LogP contribution in [0.3, 0.4) is 0 Å². The van der Waals surface area contributed by atoms with Crippen LogP contribution in [-0.2, 0) is 17.6 Å². The van der Waals surface area contributed by atoms with Crippen LogP contribution in [0.15, 0.2) is 60.7 Å². The minimum atomic E-state index is 0.217. The number of ketones is 1. The van der Waals surface area contributed by atoms with Crippen molar-refractivity contribution < 1.29 is 4.79 Å². The fourth-order valence-corrected chi connectivity index (χ4v) is 3.43. The van der Waals surface area contributed by atoms with E-state index in [0.29, 0.717) is 5.78 Å². The Morgan fingerprint density at radius 1 is 0.714 bits per heavy atom. The molecule has 1 aliphatic carbocycles. The molecule has 0 unspecified atom stereocenters. The first-order valence-corrected chi connectivity index (χ1v) is 7.94. The van der Waals surface area contributed by atoms with Crippen LogP contribution in [0.2, 0.25) is 0 Å². The maximum absolute atomic E-state index is 12.7. The third kappa shape index (κ3) is 3.60. The summed E-state index contributed by atoms with van der Waals surface area (Å²) in [5, 5.41) is 0. The van der Waals surface area contributed by atoms with Gasteiger partial charge in [-0.1, -0.05) is 67.1 Å². The van der Waals surface area contributed by atoms with Gasteiger partial charge in [-0.05, 0) is 36.8 Å². The fourth-order valence-electron chi connectivity index (χ4n) is 3.43. The van der Waals surface area contributed by atoms with E-state index in [4.69, 9.17) is 0 Å². The van der Waals surface area contributed by atoms with Crippen molar-refractivity contribution in [2.24, 2.45) is 11.8 Å². The van der Waals surface area contributed by atoms with E-state index in [1.54, 1.807) is 0 Å². The number of hydrogen-bond acceptors (Lipinski definition) is 1. The van der Waals surface area contributed by atoms with E-state index in [1.165, 1.54) is 17.5 Å². The maximum atomic E-state index is 12.7. The number of carbonyl (C=O) groups excluding carboxylic acids is 1. The molecule has 0 heterocycles. The lowest BCUT2D eigenvalue weighted by Crippen LogP contribution is -2.31. The van der Waals surface area contributed by atoms with Gasteiger partial charge in [0.05, 0.1) is 0 Å². The molecule has 0 N–H and O–H groups in total. The largest absolute Gasteiger partial charge is 0.299 e. The number of benzene rings is 2. The van der Waals surface area contributed by atoms with Gasteiger partial charge in [0.2, 0.25) is 0 Å². The number of carbonyl (C=O) groups is 1. The molecule has 1 aliphatic rings. The second kappa shape index (κ2) is 6.71. The van der Waals surface area contributed by atoms with E-state index in [-0.39, 0.29) is 11.8 Å². The summed E-state index contributed by atoms with van der Waals surface area (Å²) in [4.78, 5) is 12.7. The SMILES string of the molecule is O=C1[C@@H](Cc2ccccc2)CCC[C@@H]1Cc1ccccc1. The van der Waals surface area contributed by atoms with Crippen molar-refractivity contribution in [3.8, 4) is 0 Å². The van der Waals surface area contributed by atoms with Crippen molar-refractivity contribution in [3.63, 3.8) is 0 Å².